The van der Waals surface area contributed by atoms with Crippen LogP contribution in [0.4, 0.5) is 8.78 Å². The molecule has 3 aromatic carbocycles. The second kappa shape index (κ2) is 13.0. The van der Waals surface area contributed by atoms with Gasteiger partial charge < -0.3 is 15.2 Å². The number of ether oxygens (including phenoxy) is 1. The molecule has 1 unspecified atom stereocenters. The first-order valence-electron chi connectivity index (χ1n) is 12.0. The Morgan fingerprint density at radius 1 is 0.971 bits per heavy atom. The van der Waals surface area contributed by atoms with Crippen LogP contribution in [0.1, 0.15) is 53.0 Å². The van der Waals surface area contributed by atoms with E-state index in [0.717, 1.165) is 29.4 Å². The summed E-state index contributed by atoms with van der Waals surface area (Å²) in [5, 5.41) is 11.8. The van der Waals surface area contributed by atoms with E-state index in [2.05, 4.69) is 37.4 Å². The third-order valence-electron chi connectivity index (χ3n) is 6.19. The van der Waals surface area contributed by atoms with E-state index >= 15 is 0 Å². The molecule has 1 atom stereocenters. The van der Waals surface area contributed by atoms with Gasteiger partial charge in [-0.25, -0.2) is 8.78 Å². The normalized spacial score (nSPS) is 11.9. The molecule has 0 amide bonds. The predicted octanol–water partition coefficient (Wildman–Crippen LogP) is 6.33. The van der Waals surface area contributed by atoms with Crippen LogP contribution in [0.25, 0.3) is 0 Å². The molecule has 0 aliphatic carbocycles. The number of carbonyl (C=O) groups is 1. The van der Waals surface area contributed by atoms with Crippen molar-refractivity contribution in [3.8, 4) is 5.75 Å². The van der Waals surface area contributed by atoms with Gasteiger partial charge in [-0.3, -0.25) is 4.79 Å². The lowest BCUT2D eigenvalue weighted by Crippen LogP contribution is -2.17. The molecule has 0 saturated carbocycles. The molecule has 186 valence electrons. The van der Waals surface area contributed by atoms with E-state index in [1.165, 1.54) is 17.2 Å². The topological polar surface area (TPSA) is 58.6 Å². The summed E-state index contributed by atoms with van der Waals surface area (Å²) in [6.07, 6.45) is 2.20. The summed E-state index contributed by atoms with van der Waals surface area (Å²) in [6, 6.07) is 17.8. The minimum absolute atomic E-state index is 0.0828. The van der Waals surface area contributed by atoms with Crippen molar-refractivity contribution in [3.63, 3.8) is 0 Å². The van der Waals surface area contributed by atoms with E-state index in [4.69, 9.17) is 9.84 Å². The number of aryl methyl sites for hydroxylation is 2. The van der Waals surface area contributed by atoms with Crippen molar-refractivity contribution in [1.82, 2.24) is 5.32 Å². The number of hydrogen-bond donors (Lipinski definition) is 2. The maximum atomic E-state index is 14.6. The van der Waals surface area contributed by atoms with Crippen LogP contribution in [-0.4, -0.2) is 24.2 Å². The molecule has 0 heterocycles. The highest BCUT2D eigenvalue weighted by molar-refractivity contribution is 5.66. The van der Waals surface area contributed by atoms with Gasteiger partial charge in [0.25, 0.3) is 0 Å². The van der Waals surface area contributed by atoms with E-state index in [1.807, 2.05) is 24.3 Å². The molecular formula is C29H33F2NO3. The van der Waals surface area contributed by atoms with E-state index in [0.29, 0.717) is 38.1 Å². The fraction of sp³-hybridized carbons (Fsp3) is 0.345. The van der Waals surface area contributed by atoms with Gasteiger partial charge in [0, 0.05) is 19.2 Å². The Morgan fingerprint density at radius 3 is 2.40 bits per heavy atom. The highest BCUT2D eigenvalue weighted by Crippen LogP contribution is 2.29. The van der Waals surface area contributed by atoms with Crippen molar-refractivity contribution in [2.45, 2.75) is 52.0 Å². The number of benzene rings is 3. The molecule has 2 N–H and O–H groups in total. The van der Waals surface area contributed by atoms with E-state index < -0.39 is 17.6 Å². The summed E-state index contributed by atoms with van der Waals surface area (Å²) in [6.45, 7) is 5.64. The number of carboxylic acids is 1. The van der Waals surface area contributed by atoms with Crippen LogP contribution < -0.4 is 10.1 Å². The molecule has 0 aromatic heterocycles. The Bertz CT molecular complexity index is 1120. The minimum atomic E-state index is -0.820. The first-order chi connectivity index (χ1) is 16.8. The van der Waals surface area contributed by atoms with Gasteiger partial charge >= 0.3 is 5.97 Å². The van der Waals surface area contributed by atoms with E-state index in [1.54, 1.807) is 6.07 Å². The predicted molar refractivity (Wildman–Crippen MR) is 134 cm³/mol. The maximum Gasteiger partial charge on any atom is 0.304 e. The van der Waals surface area contributed by atoms with Crippen LogP contribution in [0, 0.1) is 25.5 Å². The van der Waals surface area contributed by atoms with E-state index in [-0.39, 0.29) is 12.3 Å². The lowest BCUT2D eigenvalue weighted by atomic mass is 9.87. The highest BCUT2D eigenvalue weighted by atomic mass is 19.1. The Balaban J connectivity index is 1.55. The van der Waals surface area contributed by atoms with Crippen LogP contribution in [0.15, 0.2) is 60.7 Å². The van der Waals surface area contributed by atoms with Gasteiger partial charge in [-0.1, -0.05) is 36.4 Å². The molecule has 4 nitrogen and oxygen atoms in total. The number of rotatable bonds is 13. The third-order valence-corrected chi connectivity index (χ3v) is 6.19. The molecule has 3 rings (SSSR count). The van der Waals surface area contributed by atoms with Crippen molar-refractivity contribution in [2.75, 3.05) is 13.2 Å². The van der Waals surface area contributed by atoms with Crippen molar-refractivity contribution in [3.05, 3.63) is 100 Å². The Hall–Kier alpha value is -3.25. The molecule has 35 heavy (non-hydrogen) atoms. The maximum absolute atomic E-state index is 14.6. The standard InChI is InChI=1S/C29H33F2NO3/c1-20-5-6-23(16-21(20)2)17-24(27-12-9-25(30)18-28(27)31)4-3-15-35-26-10-7-22(8-11-26)19-32-14-13-29(33)34/h5-12,16,18,24,32H,3-4,13-15,17,19H2,1-2H3,(H,33,34). The lowest BCUT2D eigenvalue weighted by molar-refractivity contribution is -0.136. The number of nitrogens with one attached hydrogen (secondary N) is 1. The number of hydrogen-bond acceptors (Lipinski definition) is 3. The van der Waals surface area contributed by atoms with Gasteiger partial charge in [0.2, 0.25) is 0 Å². The van der Waals surface area contributed by atoms with Crippen LogP contribution in [0.3, 0.4) is 0 Å². The number of halogens is 2. The average molecular weight is 482 g/mol. The molecule has 0 radical (unpaired) electrons. The van der Waals surface area contributed by atoms with Gasteiger partial charge in [0.1, 0.15) is 17.4 Å². The minimum Gasteiger partial charge on any atom is -0.494 e. The summed E-state index contributed by atoms with van der Waals surface area (Å²) in [4.78, 5) is 10.6. The fourth-order valence-electron chi connectivity index (χ4n) is 4.07. The zero-order valence-corrected chi connectivity index (χ0v) is 20.3. The van der Waals surface area contributed by atoms with Crippen LogP contribution in [0.5, 0.6) is 5.75 Å². The highest BCUT2D eigenvalue weighted by Gasteiger charge is 2.17. The molecule has 0 aliphatic heterocycles. The first-order valence-corrected chi connectivity index (χ1v) is 12.0. The Labute approximate surface area is 206 Å². The van der Waals surface area contributed by atoms with E-state index in [9.17, 15) is 13.6 Å². The van der Waals surface area contributed by atoms with Crippen LogP contribution in [0.2, 0.25) is 0 Å². The lowest BCUT2D eigenvalue weighted by Gasteiger charge is -2.19. The number of aliphatic carboxylic acids is 1. The molecule has 0 fully saturated rings. The van der Waals surface area contributed by atoms with Gasteiger partial charge in [0.15, 0.2) is 0 Å². The summed E-state index contributed by atoms with van der Waals surface area (Å²) in [5.41, 5.74) is 5.13. The Morgan fingerprint density at radius 2 is 1.71 bits per heavy atom. The second-order valence-corrected chi connectivity index (χ2v) is 8.94. The molecule has 0 aliphatic rings. The average Bonchev–Trinajstić information content (AvgIpc) is 2.82. The smallest absolute Gasteiger partial charge is 0.304 e. The SMILES string of the molecule is Cc1ccc(CC(CCCOc2ccc(CNCCC(=O)O)cc2)c2ccc(F)cc2F)cc1C. The summed E-state index contributed by atoms with van der Waals surface area (Å²) >= 11 is 0. The second-order valence-electron chi connectivity index (χ2n) is 8.94. The quantitative estimate of drug-likeness (QED) is 0.280. The number of carboxylic acid groups (broad SMARTS) is 1. The monoisotopic (exact) mass is 481 g/mol. The molecule has 0 bridgehead atoms. The molecule has 6 heteroatoms. The summed E-state index contributed by atoms with van der Waals surface area (Å²) in [5.74, 6) is -1.23. The van der Waals surface area contributed by atoms with Gasteiger partial charge in [-0.15, -0.1) is 0 Å². The first kappa shape index (κ1) is 26.4. The Kier molecular flexibility index (Phi) is 9.79. The third kappa shape index (κ3) is 8.48. The van der Waals surface area contributed by atoms with Crippen molar-refractivity contribution in [1.29, 1.82) is 0 Å². The van der Waals surface area contributed by atoms with Crippen LogP contribution >= 0.6 is 0 Å². The van der Waals surface area contributed by atoms with Gasteiger partial charge in [-0.05, 0) is 85.0 Å². The zero-order valence-electron chi connectivity index (χ0n) is 20.3. The zero-order chi connectivity index (χ0) is 25.2. The molecule has 3 aromatic rings. The summed E-state index contributed by atoms with van der Waals surface area (Å²) in [7, 11) is 0. The molecule has 0 saturated heterocycles. The fourth-order valence-corrected chi connectivity index (χ4v) is 4.07. The van der Waals surface area contributed by atoms with Gasteiger partial charge in [0.05, 0.1) is 13.0 Å². The molecule has 0 spiro atoms. The van der Waals surface area contributed by atoms with Crippen molar-refractivity contribution in [2.24, 2.45) is 0 Å². The summed E-state index contributed by atoms with van der Waals surface area (Å²) < 4.78 is 34.0. The van der Waals surface area contributed by atoms with Crippen molar-refractivity contribution < 1.29 is 23.4 Å². The van der Waals surface area contributed by atoms with Crippen LogP contribution in [-0.2, 0) is 17.8 Å². The largest absolute Gasteiger partial charge is 0.494 e. The molecular weight excluding hydrogens is 448 g/mol. The van der Waals surface area contributed by atoms with Gasteiger partial charge in [-0.2, -0.15) is 0 Å². The van der Waals surface area contributed by atoms with Crippen molar-refractivity contribution >= 4 is 5.97 Å².